The van der Waals surface area contributed by atoms with Crippen molar-refractivity contribution in [3.05, 3.63) is 24.3 Å². The van der Waals surface area contributed by atoms with Crippen molar-refractivity contribution in [1.82, 2.24) is 14.5 Å². The zero-order chi connectivity index (χ0) is 25.5. The molecule has 0 spiro atoms. The Morgan fingerprint density at radius 3 is 2.09 bits per heavy atom. The van der Waals surface area contributed by atoms with Gasteiger partial charge in [-0.25, -0.2) is 9.97 Å². The molecule has 192 valence electrons. The molecule has 0 saturated carbocycles. The van der Waals surface area contributed by atoms with Gasteiger partial charge in [-0.15, -0.1) is 0 Å². The maximum Gasteiger partial charge on any atom is 0.209 e. The normalized spacial score (nSPS) is 11.4. The van der Waals surface area contributed by atoms with E-state index in [1.807, 2.05) is 18.2 Å². The van der Waals surface area contributed by atoms with Crippen molar-refractivity contribution in [2.45, 2.75) is 40.7 Å². The lowest BCUT2D eigenvalue weighted by molar-refractivity contribution is 0.324. The van der Waals surface area contributed by atoms with Crippen LogP contribution in [0.25, 0.3) is 11.2 Å². The number of imidazole rings is 1. The number of nitrogens with zero attached hydrogens (tertiary/aromatic N) is 4. The number of aryl methyl sites for hydroxylation is 1. The molecule has 0 aliphatic rings. The number of nitrogens with one attached hydrogen (secondary N) is 1. The Morgan fingerprint density at radius 2 is 1.57 bits per heavy atom. The van der Waals surface area contributed by atoms with E-state index >= 15 is 0 Å². The summed E-state index contributed by atoms with van der Waals surface area (Å²) in [5, 5.41) is 3.43. The van der Waals surface area contributed by atoms with E-state index in [0.717, 1.165) is 42.2 Å². The van der Waals surface area contributed by atoms with Crippen LogP contribution in [-0.4, -0.2) is 55.5 Å². The first kappa shape index (κ1) is 26.4. The molecule has 3 aromatic rings. The highest BCUT2D eigenvalue weighted by atomic mass is 16.5. The third-order valence-corrected chi connectivity index (χ3v) is 5.58. The summed E-state index contributed by atoms with van der Waals surface area (Å²) in [6.07, 6.45) is 0.809. The predicted molar refractivity (Wildman–Crippen MR) is 142 cm³/mol. The molecule has 9 heteroatoms. The van der Waals surface area contributed by atoms with Crippen LogP contribution in [0.4, 0.5) is 17.5 Å². The zero-order valence-electron chi connectivity index (χ0n) is 22.1. The summed E-state index contributed by atoms with van der Waals surface area (Å²) in [6, 6.07) is 7.83. The third kappa shape index (κ3) is 6.28. The second kappa shape index (κ2) is 12.0. The second-order valence-corrected chi connectivity index (χ2v) is 9.47. The summed E-state index contributed by atoms with van der Waals surface area (Å²) in [5.41, 5.74) is 8.29. The predicted octanol–water partition coefficient (Wildman–Crippen LogP) is 4.67. The molecule has 2 aromatic heterocycles. The van der Waals surface area contributed by atoms with Crippen LogP contribution in [0.15, 0.2) is 24.3 Å². The van der Waals surface area contributed by atoms with E-state index in [-0.39, 0.29) is 0 Å². The summed E-state index contributed by atoms with van der Waals surface area (Å²) < 4.78 is 18.6. The van der Waals surface area contributed by atoms with Crippen molar-refractivity contribution in [3.63, 3.8) is 0 Å². The van der Waals surface area contributed by atoms with E-state index in [9.17, 15) is 0 Å². The van der Waals surface area contributed by atoms with Gasteiger partial charge in [-0.1, -0.05) is 27.7 Å². The number of aromatic nitrogens is 3. The number of ether oxygens (including phenoxy) is 3. The Balaban J connectivity index is 2.06. The summed E-state index contributed by atoms with van der Waals surface area (Å²) in [7, 11) is 4.79. The Hall–Kier alpha value is -3.20. The van der Waals surface area contributed by atoms with Gasteiger partial charge in [-0.05, 0) is 36.9 Å². The van der Waals surface area contributed by atoms with Crippen LogP contribution in [-0.2, 0) is 6.54 Å². The standard InChI is InChI=1S/C26H40N6O3/c1-17(2)15-31(16-18(3)4)23-10-9-20-25(30-23)32(12-8-11-27)26(29-20)28-19-13-21(33-5)24(35-7)22(14-19)34-6/h9-10,13-14,17-18H,8,11-12,15-16,27H2,1-7H3,(H,28,29). The molecule has 0 fully saturated rings. The van der Waals surface area contributed by atoms with Gasteiger partial charge in [-0.2, -0.15) is 0 Å². The highest BCUT2D eigenvalue weighted by Gasteiger charge is 2.19. The first-order valence-corrected chi connectivity index (χ1v) is 12.2. The van der Waals surface area contributed by atoms with E-state index in [1.165, 1.54) is 0 Å². The fourth-order valence-corrected chi connectivity index (χ4v) is 4.15. The molecule has 3 rings (SSSR count). The van der Waals surface area contributed by atoms with Gasteiger partial charge in [0.15, 0.2) is 17.1 Å². The van der Waals surface area contributed by atoms with Gasteiger partial charge in [0.05, 0.1) is 21.3 Å². The highest BCUT2D eigenvalue weighted by molar-refractivity contribution is 5.78. The summed E-state index contributed by atoms with van der Waals surface area (Å²) in [6.45, 7) is 12.1. The van der Waals surface area contributed by atoms with E-state index in [4.69, 9.17) is 29.9 Å². The molecule has 1 aromatic carbocycles. The largest absolute Gasteiger partial charge is 0.493 e. The number of hydrogen-bond acceptors (Lipinski definition) is 8. The van der Waals surface area contributed by atoms with E-state index < -0.39 is 0 Å². The molecule has 0 aliphatic carbocycles. The fraction of sp³-hybridized carbons (Fsp3) is 0.538. The first-order chi connectivity index (χ1) is 16.8. The smallest absolute Gasteiger partial charge is 0.209 e. The van der Waals surface area contributed by atoms with Crippen molar-refractivity contribution in [3.8, 4) is 17.2 Å². The molecular weight excluding hydrogens is 444 g/mol. The molecule has 35 heavy (non-hydrogen) atoms. The molecule has 0 saturated heterocycles. The Morgan fingerprint density at radius 1 is 0.943 bits per heavy atom. The van der Waals surface area contributed by atoms with Crippen molar-refractivity contribution in [1.29, 1.82) is 0 Å². The second-order valence-electron chi connectivity index (χ2n) is 9.47. The number of fused-ring (bicyclic) bond motifs is 1. The van der Waals surface area contributed by atoms with Crippen LogP contribution in [0.3, 0.4) is 0 Å². The van der Waals surface area contributed by atoms with Crippen molar-refractivity contribution in [2.75, 3.05) is 51.2 Å². The minimum absolute atomic E-state index is 0.533. The minimum Gasteiger partial charge on any atom is -0.493 e. The molecule has 0 radical (unpaired) electrons. The summed E-state index contributed by atoms with van der Waals surface area (Å²) in [4.78, 5) is 12.3. The van der Waals surface area contributed by atoms with Crippen LogP contribution in [0, 0.1) is 11.8 Å². The van der Waals surface area contributed by atoms with Crippen molar-refractivity contribution in [2.24, 2.45) is 17.6 Å². The molecule has 0 unspecified atom stereocenters. The van der Waals surface area contributed by atoms with Crippen LogP contribution < -0.4 is 30.2 Å². The number of rotatable bonds is 13. The lowest BCUT2D eigenvalue weighted by Gasteiger charge is -2.27. The first-order valence-electron chi connectivity index (χ1n) is 12.2. The van der Waals surface area contributed by atoms with Gasteiger partial charge < -0.3 is 30.2 Å². The number of benzene rings is 1. The molecular formula is C26H40N6O3. The average molecular weight is 485 g/mol. The fourth-order valence-electron chi connectivity index (χ4n) is 4.15. The van der Waals surface area contributed by atoms with Crippen LogP contribution in [0.5, 0.6) is 17.2 Å². The Labute approximate surface area is 208 Å². The quantitative estimate of drug-likeness (QED) is 0.361. The average Bonchev–Trinajstić information content (AvgIpc) is 3.16. The number of methoxy groups -OCH3 is 3. The van der Waals surface area contributed by atoms with E-state index in [2.05, 4.69) is 48.5 Å². The monoisotopic (exact) mass is 484 g/mol. The number of pyridine rings is 1. The van der Waals surface area contributed by atoms with Crippen LogP contribution in [0.2, 0.25) is 0 Å². The summed E-state index contributed by atoms with van der Waals surface area (Å²) >= 11 is 0. The van der Waals surface area contributed by atoms with Crippen molar-refractivity contribution < 1.29 is 14.2 Å². The topological polar surface area (TPSA) is 99.7 Å². The van der Waals surface area contributed by atoms with Gasteiger partial charge in [-0.3, -0.25) is 4.57 Å². The van der Waals surface area contributed by atoms with E-state index in [1.54, 1.807) is 21.3 Å². The molecule has 0 atom stereocenters. The van der Waals surface area contributed by atoms with Crippen molar-refractivity contribution >= 4 is 28.6 Å². The number of nitrogens with two attached hydrogens (primary N) is 1. The maximum absolute atomic E-state index is 5.86. The zero-order valence-corrected chi connectivity index (χ0v) is 22.1. The Kier molecular flexibility index (Phi) is 9.03. The molecule has 2 heterocycles. The van der Waals surface area contributed by atoms with E-state index in [0.29, 0.717) is 48.1 Å². The van der Waals surface area contributed by atoms with Gasteiger partial charge in [0, 0.05) is 37.5 Å². The lowest BCUT2D eigenvalue weighted by atomic mass is 10.1. The minimum atomic E-state index is 0.533. The van der Waals surface area contributed by atoms with Crippen LogP contribution in [0.1, 0.15) is 34.1 Å². The van der Waals surface area contributed by atoms with Gasteiger partial charge in [0.25, 0.3) is 0 Å². The molecule has 0 bridgehead atoms. The van der Waals surface area contributed by atoms with Gasteiger partial charge >= 0.3 is 0 Å². The molecule has 0 amide bonds. The van der Waals surface area contributed by atoms with Gasteiger partial charge in [0.1, 0.15) is 11.3 Å². The van der Waals surface area contributed by atoms with Crippen LogP contribution >= 0.6 is 0 Å². The summed E-state index contributed by atoms with van der Waals surface area (Å²) in [5.74, 6) is 4.39. The molecule has 9 nitrogen and oxygen atoms in total. The molecule has 0 aliphatic heterocycles. The maximum atomic E-state index is 5.86. The SMILES string of the molecule is COc1cc(Nc2nc3ccc(N(CC(C)C)CC(C)C)nc3n2CCCN)cc(OC)c1OC. The Bertz CT molecular complexity index is 1080. The number of hydrogen-bond donors (Lipinski definition) is 2. The van der Waals surface area contributed by atoms with Gasteiger partial charge in [0.2, 0.25) is 11.7 Å². The number of anilines is 3. The third-order valence-electron chi connectivity index (χ3n) is 5.58. The molecule has 3 N–H and O–H groups in total. The lowest BCUT2D eigenvalue weighted by Crippen LogP contribution is -2.32. The highest BCUT2D eigenvalue weighted by Crippen LogP contribution is 2.40.